The van der Waals surface area contributed by atoms with Crippen molar-refractivity contribution in [1.82, 2.24) is 5.32 Å². The highest BCUT2D eigenvalue weighted by Gasteiger charge is 2.26. The highest BCUT2D eigenvalue weighted by Crippen LogP contribution is 2.30. The first-order chi connectivity index (χ1) is 13.5. The normalized spacial score (nSPS) is 22.9. The first kappa shape index (κ1) is 20.2. The molecule has 0 spiro atoms. The molecule has 1 amide bonds. The summed E-state index contributed by atoms with van der Waals surface area (Å²) in [7, 11) is 0. The largest absolute Gasteiger partial charge is 0.490 e. The van der Waals surface area contributed by atoms with Crippen LogP contribution < -0.4 is 14.8 Å². The van der Waals surface area contributed by atoms with Crippen molar-refractivity contribution in [2.24, 2.45) is 5.92 Å². The van der Waals surface area contributed by atoms with Crippen LogP contribution in [-0.2, 0) is 14.3 Å². The van der Waals surface area contributed by atoms with Crippen molar-refractivity contribution >= 4 is 18.0 Å². The van der Waals surface area contributed by atoms with Crippen molar-refractivity contribution < 1.29 is 23.8 Å². The van der Waals surface area contributed by atoms with Crippen LogP contribution in [0.4, 0.5) is 0 Å². The van der Waals surface area contributed by atoms with E-state index in [4.69, 9.17) is 14.2 Å². The number of carbonyl (C=O) groups excluding carboxylic acids is 2. The Labute approximate surface area is 166 Å². The fraction of sp³-hybridized carbons (Fsp3) is 0.545. The Morgan fingerprint density at radius 2 is 1.89 bits per heavy atom. The number of carbonyl (C=O) groups is 2. The van der Waals surface area contributed by atoms with Gasteiger partial charge in [0.25, 0.3) is 5.91 Å². The van der Waals surface area contributed by atoms with E-state index in [1.165, 1.54) is 12.5 Å². The lowest BCUT2D eigenvalue weighted by molar-refractivity contribution is -0.150. The Balaban J connectivity index is 1.51. The fourth-order valence-corrected chi connectivity index (χ4v) is 3.55. The summed E-state index contributed by atoms with van der Waals surface area (Å²) < 4.78 is 16.5. The number of hydrogen-bond donors (Lipinski definition) is 1. The van der Waals surface area contributed by atoms with Crippen molar-refractivity contribution in [2.45, 2.75) is 58.1 Å². The molecule has 0 saturated heterocycles. The molecule has 152 valence electrons. The Morgan fingerprint density at radius 3 is 2.68 bits per heavy atom. The number of fused-ring (bicyclic) bond motifs is 1. The molecule has 1 aliphatic carbocycles. The molecule has 1 aromatic rings. The minimum Gasteiger partial charge on any atom is -0.490 e. The summed E-state index contributed by atoms with van der Waals surface area (Å²) in [5, 5.41) is 3.02. The first-order valence-corrected chi connectivity index (χ1v) is 10.1. The summed E-state index contributed by atoms with van der Waals surface area (Å²) in [4.78, 5) is 24.4. The zero-order valence-corrected chi connectivity index (χ0v) is 16.6. The summed E-state index contributed by atoms with van der Waals surface area (Å²) in [6.45, 7) is 4.99. The van der Waals surface area contributed by atoms with Crippen LogP contribution in [0.25, 0.3) is 6.08 Å². The van der Waals surface area contributed by atoms with Gasteiger partial charge in [-0.3, -0.25) is 4.79 Å². The average molecular weight is 387 g/mol. The van der Waals surface area contributed by atoms with Crippen LogP contribution in [0.3, 0.4) is 0 Å². The summed E-state index contributed by atoms with van der Waals surface area (Å²) in [5.41, 5.74) is 0.800. The topological polar surface area (TPSA) is 73.9 Å². The van der Waals surface area contributed by atoms with Crippen LogP contribution in [0.5, 0.6) is 11.5 Å². The van der Waals surface area contributed by atoms with Crippen LogP contribution in [0.15, 0.2) is 24.3 Å². The van der Waals surface area contributed by atoms with Gasteiger partial charge in [0, 0.05) is 18.5 Å². The van der Waals surface area contributed by atoms with Gasteiger partial charge in [0.15, 0.2) is 17.6 Å². The van der Waals surface area contributed by atoms with Gasteiger partial charge in [0.2, 0.25) is 0 Å². The third-order valence-electron chi connectivity index (χ3n) is 5.28. The van der Waals surface area contributed by atoms with Crippen molar-refractivity contribution in [1.29, 1.82) is 0 Å². The van der Waals surface area contributed by atoms with Crippen molar-refractivity contribution in [2.75, 3.05) is 13.2 Å². The van der Waals surface area contributed by atoms with Crippen LogP contribution in [-0.4, -0.2) is 37.2 Å². The Kier molecular flexibility index (Phi) is 6.95. The molecule has 6 heteroatoms. The van der Waals surface area contributed by atoms with E-state index < -0.39 is 12.1 Å². The Bertz CT molecular complexity index is 730. The Hall–Kier alpha value is -2.50. The minimum atomic E-state index is -0.824. The maximum absolute atomic E-state index is 12.3. The molecule has 1 fully saturated rings. The van der Waals surface area contributed by atoms with Crippen molar-refractivity contribution in [3.05, 3.63) is 29.8 Å². The summed E-state index contributed by atoms with van der Waals surface area (Å²) in [6.07, 6.45) is 7.43. The van der Waals surface area contributed by atoms with Gasteiger partial charge in [-0.1, -0.05) is 25.8 Å². The second-order valence-corrected chi connectivity index (χ2v) is 7.55. The highest BCUT2D eigenvalue weighted by atomic mass is 16.5. The van der Waals surface area contributed by atoms with Gasteiger partial charge in [-0.05, 0) is 49.5 Å². The molecule has 1 saturated carbocycles. The van der Waals surface area contributed by atoms with Crippen LogP contribution in [0, 0.1) is 5.92 Å². The maximum atomic E-state index is 12.3. The first-order valence-electron chi connectivity index (χ1n) is 10.1. The molecule has 0 radical (unpaired) electrons. The lowest BCUT2D eigenvalue weighted by atomic mass is 9.86. The number of esters is 1. The number of benzene rings is 1. The van der Waals surface area contributed by atoms with Crippen LogP contribution in [0.2, 0.25) is 0 Å². The number of nitrogens with one attached hydrogen (secondary N) is 1. The molecule has 1 N–H and O–H groups in total. The molecular formula is C22H29NO5. The lowest BCUT2D eigenvalue weighted by Gasteiger charge is -2.30. The number of amides is 1. The number of ether oxygens (including phenoxy) is 3. The van der Waals surface area contributed by atoms with Gasteiger partial charge >= 0.3 is 5.97 Å². The monoisotopic (exact) mass is 387 g/mol. The number of rotatable bonds is 5. The molecule has 3 rings (SSSR count). The lowest BCUT2D eigenvalue weighted by Crippen LogP contribution is -2.45. The zero-order chi connectivity index (χ0) is 19.9. The van der Waals surface area contributed by atoms with E-state index in [0.29, 0.717) is 30.6 Å². The molecule has 0 unspecified atom stereocenters. The summed E-state index contributed by atoms with van der Waals surface area (Å²) in [6, 6.07) is 5.66. The van der Waals surface area contributed by atoms with E-state index in [9.17, 15) is 9.59 Å². The predicted molar refractivity (Wildman–Crippen MR) is 106 cm³/mol. The Morgan fingerprint density at radius 1 is 1.14 bits per heavy atom. The van der Waals surface area contributed by atoms with E-state index in [2.05, 4.69) is 12.2 Å². The zero-order valence-electron chi connectivity index (χ0n) is 16.6. The van der Waals surface area contributed by atoms with Gasteiger partial charge in [-0.25, -0.2) is 4.79 Å². The summed E-state index contributed by atoms with van der Waals surface area (Å²) in [5.74, 6) is 1.05. The van der Waals surface area contributed by atoms with Gasteiger partial charge < -0.3 is 19.5 Å². The van der Waals surface area contributed by atoms with E-state index >= 15 is 0 Å². The quantitative estimate of drug-likeness (QED) is 0.618. The van der Waals surface area contributed by atoms with Crippen molar-refractivity contribution in [3.63, 3.8) is 0 Å². The van der Waals surface area contributed by atoms with Crippen molar-refractivity contribution in [3.8, 4) is 11.5 Å². The second kappa shape index (κ2) is 9.62. The molecule has 1 aliphatic heterocycles. The molecule has 3 atom stereocenters. The summed E-state index contributed by atoms with van der Waals surface area (Å²) >= 11 is 0. The van der Waals surface area contributed by atoms with Gasteiger partial charge in [0.05, 0.1) is 13.2 Å². The molecule has 1 heterocycles. The van der Waals surface area contributed by atoms with E-state index in [1.54, 1.807) is 13.0 Å². The predicted octanol–water partition coefficient (Wildman–Crippen LogP) is 3.49. The molecule has 2 aliphatic rings. The smallest absolute Gasteiger partial charge is 0.331 e. The molecular weight excluding hydrogens is 358 g/mol. The van der Waals surface area contributed by atoms with Gasteiger partial charge in [-0.15, -0.1) is 0 Å². The third-order valence-corrected chi connectivity index (χ3v) is 5.28. The third kappa shape index (κ3) is 5.50. The van der Waals surface area contributed by atoms with Crippen LogP contribution >= 0.6 is 0 Å². The van der Waals surface area contributed by atoms with E-state index in [-0.39, 0.29) is 11.9 Å². The molecule has 0 aromatic heterocycles. The highest BCUT2D eigenvalue weighted by molar-refractivity contribution is 5.90. The molecule has 28 heavy (non-hydrogen) atoms. The average Bonchev–Trinajstić information content (AvgIpc) is 2.93. The molecule has 0 bridgehead atoms. The van der Waals surface area contributed by atoms with Gasteiger partial charge in [-0.2, -0.15) is 0 Å². The standard InChI is InChI=1S/C22H29NO5/c1-15-6-3-4-7-18(15)23-22(25)16(2)28-21(24)11-9-17-8-10-19-20(14-17)27-13-5-12-26-19/h8-11,14-16,18H,3-7,12-13H2,1-2H3,(H,23,25)/b11-9+/t15-,16+,18+/m0/s1. The number of hydrogen-bond acceptors (Lipinski definition) is 5. The fourth-order valence-electron chi connectivity index (χ4n) is 3.55. The van der Waals surface area contributed by atoms with E-state index in [0.717, 1.165) is 31.2 Å². The van der Waals surface area contributed by atoms with E-state index in [1.807, 2.05) is 18.2 Å². The maximum Gasteiger partial charge on any atom is 0.331 e. The molecule has 1 aromatic carbocycles. The van der Waals surface area contributed by atoms with Gasteiger partial charge in [0.1, 0.15) is 0 Å². The SMILES string of the molecule is C[C@@H](OC(=O)/C=C/c1ccc2c(c1)OCCCO2)C(=O)N[C@@H]1CCCC[C@@H]1C. The minimum absolute atomic E-state index is 0.166. The molecule has 6 nitrogen and oxygen atoms in total. The second-order valence-electron chi connectivity index (χ2n) is 7.55. The van der Waals surface area contributed by atoms with Crippen LogP contribution in [0.1, 0.15) is 51.5 Å².